The molecule has 0 spiro atoms. The number of rotatable bonds is 7. The smallest absolute Gasteiger partial charge is 0.406 e. The van der Waals surface area contributed by atoms with Gasteiger partial charge in [-0.2, -0.15) is 12.7 Å². The van der Waals surface area contributed by atoms with Gasteiger partial charge in [-0.3, -0.25) is 9.52 Å². The molecule has 4 fully saturated rings. The number of amides is 1. The number of nitrogens with one attached hydrogen (secondary N) is 2. The van der Waals surface area contributed by atoms with Crippen molar-refractivity contribution in [3.8, 4) is 5.75 Å². The number of carbonyl (C=O) groups excluding carboxylic acids is 1. The minimum Gasteiger partial charge on any atom is -0.406 e. The van der Waals surface area contributed by atoms with Crippen LogP contribution >= 0.6 is 0 Å². The summed E-state index contributed by atoms with van der Waals surface area (Å²) in [5, 5.41) is 2.59. The summed E-state index contributed by atoms with van der Waals surface area (Å²) in [5.74, 6) is -5.48. The van der Waals surface area contributed by atoms with E-state index in [2.05, 4.69) is 10.1 Å². The Kier molecular flexibility index (Phi) is 5.84. The number of carbonyl (C=O) groups is 1. The van der Waals surface area contributed by atoms with Crippen molar-refractivity contribution < 1.29 is 48.3 Å². The fourth-order valence-corrected chi connectivity index (χ4v) is 7.51. The van der Waals surface area contributed by atoms with Crippen LogP contribution in [-0.2, 0) is 20.0 Å². The first-order chi connectivity index (χ1) is 15.8. The molecule has 1 aromatic rings. The summed E-state index contributed by atoms with van der Waals surface area (Å²) in [5.41, 5.74) is -2.99. The summed E-state index contributed by atoms with van der Waals surface area (Å²) in [4.78, 5) is 12.9. The van der Waals surface area contributed by atoms with Crippen molar-refractivity contribution in [2.75, 3.05) is 29.3 Å². The second-order valence-corrected chi connectivity index (χ2v) is 13.3. The quantitative estimate of drug-likeness (QED) is 0.506. The molecular weight excluding hydrogens is 525 g/mol. The molecular formula is C19H22F5N3O6S2. The minimum atomic E-state index is -5.09. The van der Waals surface area contributed by atoms with E-state index >= 15 is 0 Å². The first-order valence-electron chi connectivity index (χ1n) is 10.4. The van der Waals surface area contributed by atoms with Crippen LogP contribution in [-0.4, -0.2) is 69.5 Å². The zero-order chi connectivity index (χ0) is 26.1. The molecule has 196 valence electrons. The number of anilines is 1. The lowest BCUT2D eigenvalue weighted by Crippen LogP contribution is -2.78. The normalized spacial score (nSPS) is 28.4. The van der Waals surface area contributed by atoms with E-state index in [0.29, 0.717) is 6.07 Å². The molecule has 2 N–H and O–H groups in total. The second-order valence-electron chi connectivity index (χ2n) is 9.35. The SMILES string of the molecule is CC(F)(F)C12CC(NC(=O)c3ccc(OC(F)(F)F)cc3NS(=O)(=O)N3CCS(=O)(=O)CC3)(C1)C2. The highest BCUT2D eigenvalue weighted by atomic mass is 32.2. The van der Waals surface area contributed by atoms with Gasteiger partial charge in [0, 0.05) is 30.1 Å². The summed E-state index contributed by atoms with van der Waals surface area (Å²) < 4.78 is 121. The molecule has 9 nitrogen and oxygen atoms in total. The van der Waals surface area contributed by atoms with E-state index in [1.807, 2.05) is 4.72 Å². The first-order valence-corrected chi connectivity index (χ1v) is 13.7. The average Bonchev–Trinajstić information content (AvgIpc) is 2.60. The van der Waals surface area contributed by atoms with Crippen molar-refractivity contribution in [1.29, 1.82) is 0 Å². The van der Waals surface area contributed by atoms with Crippen molar-refractivity contribution in [1.82, 2.24) is 9.62 Å². The molecule has 35 heavy (non-hydrogen) atoms. The molecule has 1 heterocycles. The zero-order valence-corrected chi connectivity index (χ0v) is 19.9. The molecule has 3 saturated carbocycles. The molecule has 0 unspecified atom stereocenters. The highest BCUT2D eigenvalue weighted by molar-refractivity contribution is 7.92. The molecule has 1 amide bonds. The van der Waals surface area contributed by atoms with Crippen molar-refractivity contribution >= 4 is 31.6 Å². The first kappa shape index (κ1) is 25.9. The molecule has 4 aliphatic rings. The number of halogens is 5. The maximum Gasteiger partial charge on any atom is 0.573 e. The number of ether oxygens (including phenoxy) is 1. The lowest BCUT2D eigenvalue weighted by Gasteiger charge is -2.72. The molecule has 1 saturated heterocycles. The largest absolute Gasteiger partial charge is 0.573 e. The number of alkyl halides is 5. The summed E-state index contributed by atoms with van der Waals surface area (Å²) in [6.07, 6.45) is -5.03. The molecule has 0 aromatic heterocycles. The van der Waals surface area contributed by atoms with E-state index in [4.69, 9.17) is 0 Å². The van der Waals surface area contributed by atoms with Crippen LogP contribution in [0.2, 0.25) is 0 Å². The van der Waals surface area contributed by atoms with E-state index in [1.165, 1.54) is 0 Å². The summed E-state index contributed by atoms with van der Waals surface area (Å²) in [6.45, 7) is 0.0404. The Morgan fingerprint density at radius 3 is 2.17 bits per heavy atom. The maximum atomic E-state index is 13.7. The van der Waals surface area contributed by atoms with Crippen molar-refractivity contribution in [3.05, 3.63) is 23.8 Å². The Balaban J connectivity index is 1.56. The maximum absolute atomic E-state index is 13.7. The van der Waals surface area contributed by atoms with Gasteiger partial charge in [0.2, 0.25) is 0 Å². The lowest BCUT2D eigenvalue weighted by atomic mass is 9.37. The van der Waals surface area contributed by atoms with Crippen molar-refractivity contribution in [3.63, 3.8) is 0 Å². The van der Waals surface area contributed by atoms with Crippen LogP contribution in [0.15, 0.2) is 18.2 Å². The fraction of sp³-hybridized carbons (Fsp3) is 0.632. The highest BCUT2D eigenvalue weighted by Crippen LogP contribution is 2.72. The average molecular weight is 548 g/mol. The van der Waals surface area contributed by atoms with E-state index < -0.39 is 72.1 Å². The Labute approximate surface area is 198 Å². The van der Waals surface area contributed by atoms with Crippen LogP contribution in [0.5, 0.6) is 5.75 Å². The van der Waals surface area contributed by atoms with Gasteiger partial charge in [0.25, 0.3) is 11.8 Å². The van der Waals surface area contributed by atoms with Gasteiger partial charge >= 0.3 is 16.6 Å². The summed E-state index contributed by atoms with van der Waals surface area (Å²) in [7, 11) is -7.88. The molecule has 1 aliphatic heterocycles. The molecule has 0 radical (unpaired) electrons. The third-order valence-electron chi connectivity index (χ3n) is 6.69. The third kappa shape index (κ3) is 5.05. The minimum absolute atomic E-state index is 0.0216. The van der Waals surface area contributed by atoms with E-state index in [-0.39, 0.29) is 37.9 Å². The van der Waals surface area contributed by atoms with Crippen LogP contribution in [0.25, 0.3) is 0 Å². The topological polar surface area (TPSA) is 122 Å². The van der Waals surface area contributed by atoms with Crippen molar-refractivity contribution in [2.45, 2.75) is 44.0 Å². The van der Waals surface area contributed by atoms with E-state index in [9.17, 15) is 43.6 Å². The van der Waals surface area contributed by atoms with Gasteiger partial charge in [-0.1, -0.05) is 0 Å². The van der Waals surface area contributed by atoms with Gasteiger partial charge in [0.15, 0.2) is 9.84 Å². The standard InChI is InChI=1S/C19H22F5N3O6S2/c1-16(20,21)17-9-18(10-17,11-17)25-15(28)13-3-2-12(33-19(22,23)24)8-14(13)26-35(31,32)27-4-6-34(29,30)7-5-27/h2-3,8,26H,4-7,9-11H2,1H3,(H,25,28). The molecule has 0 atom stereocenters. The van der Waals surface area contributed by atoms with Crippen LogP contribution in [0.1, 0.15) is 36.5 Å². The highest BCUT2D eigenvalue weighted by Gasteiger charge is 2.76. The number of hydrogen-bond donors (Lipinski definition) is 2. The van der Waals surface area contributed by atoms with Gasteiger partial charge in [0.1, 0.15) is 5.75 Å². The molecule has 16 heteroatoms. The summed E-state index contributed by atoms with van der Waals surface area (Å²) in [6, 6.07) is 2.41. The lowest BCUT2D eigenvalue weighted by molar-refractivity contribution is -0.274. The van der Waals surface area contributed by atoms with E-state index in [0.717, 1.165) is 23.4 Å². The molecule has 5 rings (SSSR count). The predicted octanol–water partition coefficient (Wildman–Crippen LogP) is 2.28. The van der Waals surface area contributed by atoms with Gasteiger partial charge in [-0.25, -0.2) is 17.2 Å². The number of sulfone groups is 1. The zero-order valence-electron chi connectivity index (χ0n) is 18.3. The Morgan fingerprint density at radius 2 is 1.66 bits per heavy atom. The molecule has 3 aliphatic carbocycles. The molecule has 2 bridgehead atoms. The van der Waals surface area contributed by atoms with Crippen LogP contribution in [0.4, 0.5) is 27.6 Å². The van der Waals surface area contributed by atoms with Gasteiger partial charge < -0.3 is 10.1 Å². The van der Waals surface area contributed by atoms with Crippen LogP contribution < -0.4 is 14.8 Å². The monoisotopic (exact) mass is 547 g/mol. The third-order valence-corrected chi connectivity index (χ3v) is 9.82. The van der Waals surface area contributed by atoms with Crippen LogP contribution in [0.3, 0.4) is 0 Å². The number of benzene rings is 1. The van der Waals surface area contributed by atoms with Gasteiger partial charge in [-0.05, 0) is 38.3 Å². The predicted molar refractivity (Wildman–Crippen MR) is 113 cm³/mol. The second kappa shape index (κ2) is 7.90. The van der Waals surface area contributed by atoms with Crippen LogP contribution in [0, 0.1) is 5.41 Å². The Hall–Kier alpha value is -2.20. The van der Waals surface area contributed by atoms with E-state index in [1.54, 1.807) is 0 Å². The number of hydrogen-bond acceptors (Lipinski definition) is 6. The Bertz CT molecular complexity index is 1230. The van der Waals surface area contributed by atoms with Gasteiger partial charge in [0.05, 0.1) is 22.8 Å². The fourth-order valence-electron chi connectivity index (χ4n) is 4.84. The summed E-state index contributed by atoms with van der Waals surface area (Å²) >= 11 is 0. The Morgan fingerprint density at radius 1 is 1.09 bits per heavy atom. The van der Waals surface area contributed by atoms with Crippen molar-refractivity contribution in [2.24, 2.45) is 5.41 Å². The molecule has 1 aromatic carbocycles. The number of nitrogens with zero attached hydrogens (tertiary/aromatic N) is 1. The van der Waals surface area contributed by atoms with Gasteiger partial charge in [-0.15, -0.1) is 13.2 Å².